The average molecular weight is 598 g/mol. The van der Waals surface area contributed by atoms with E-state index in [9.17, 15) is 14.4 Å². The quantitative estimate of drug-likeness (QED) is 0.365. The summed E-state index contributed by atoms with van der Waals surface area (Å²) < 4.78 is 8.83. The van der Waals surface area contributed by atoms with Gasteiger partial charge in [0.1, 0.15) is 11.4 Å². The Hall–Kier alpha value is -3.96. The molecule has 3 heterocycles. The van der Waals surface area contributed by atoms with Crippen molar-refractivity contribution >= 4 is 39.3 Å². The minimum absolute atomic E-state index is 0.0683. The van der Waals surface area contributed by atoms with Crippen LogP contribution in [0.25, 0.3) is 5.69 Å². The standard InChI is InChI=1S/C26H22BrClN6O4/c1-38-19-5-3-18(4-6-19)34-23(24(35)31-14-17-13-29-8-9-30-17)22-15-32(10-11-33(22)26(34)37)25(36)16-2-7-20(27)21(28)12-16/h2-9,12-13H,10-11,14-15H2,1H3,(H,31,35). The second-order valence-corrected chi connectivity index (χ2v) is 9.76. The van der Waals surface area contributed by atoms with Crippen LogP contribution in [0.5, 0.6) is 5.75 Å². The van der Waals surface area contributed by atoms with Gasteiger partial charge >= 0.3 is 5.69 Å². The Kier molecular flexibility index (Phi) is 7.30. The van der Waals surface area contributed by atoms with Gasteiger partial charge in [-0.3, -0.25) is 28.7 Å². The molecule has 1 N–H and O–H groups in total. The molecule has 0 fully saturated rings. The monoisotopic (exact) mass is 596 g/mol. The fourth-order valence-corrected chi connectivity index (χ4v) is 4.75. The molecule has 0 atom stereocenters. The van der Waals surface area contributed by atoms with Crippen LogP contribution in [0.2, 0.25) is 5.02 Å². The second kappa shape index (κ2) is 10.8. The van der Waals surface area contributed by atoms with Crippen LogP contribution in [0.1, 0.15) is 32.2 Å². The van der Waals surface area contributed by atoms with Crippen molar-refractivity contribution in [2.24, 2.45) is 0 Å². The summed E-state index contributed by atoms with van der Waals surface area (Å²) >= 11 is 9.54. The zero-order valence-corrected chi connectivity index (χ0v) is 22.6. The average Bonchev–Trinajstić information content (AvgIpc) is 3.25. The number of ether oxygens (including phenoxy) is 1. The van der Waals surface area contributed by atoms with E-state index >= 15 is 0 Å². The van der Waals surface area contributed by atoms with Gasteiger partial charge in [0, 0.05) is 35.5 Å². The Bertz CT molecular complexity index is 1570. The van der Waals surface area contributed by atoms with Gasteiger partial charge in [0.25, 0.3) is 11.8 Å². The van der Waals surface area contributed by atoms with Gasteiger partial charge in [-0.25, -0.2) is 4.79 Å². The highest BCUT2D eigenvalue weighted by Crippen LogP contribution is 2.26. The molecule has 4 aromatic rings. The molecule has 2 amide bonds. The number of carbonyl (C=O) groups excluding carboxylic acids is 2. The molecular formula is C26H22BrClN6O4. The van der Waals surface area contributed by atoms with Crippen molar-refractivity contribution in [3.63, 3.8) is 0 Å². The Morgan fingerprint density at radius 2 is 1.92 bits per heavy atom. The summed E-state index contributed by atoms with van der Waals surface area (Å²) in [4.78, 5) is 50.3. The smallest absolute Gasteiger partial charge is 0.333 e. The molecule has 12 heteroatoms. The van der Waals surface area contributed by atoms with Gasteiger partial charge in [-0.1, -0.05) is 11.6 Å². The zero-order valence-electron chi connectivity index (χ0n) is 20.2. The zero-order chi connectivity index (χ0) is 26.8. The Labute approximate surface area is 231 Å². The molecule has 0 saturated carbocycles. The molecule has 1 aliphatic heterocycles. The third kappa shape index (κ3) is 4.94. The minimum Gasteiger partial charge on any atom is -0.497 e. The highest BCUT2D eigenvalue weighted by molar-refractivity contribution is 9.10. The number of hydrogen-bond acceptors (Lipinski definition) is 6. The number of nitrogens with zero attached hydrogens (tertiary/aromatic N) is 5. The van der Waals surface area contributed by atoms with E-state index in [0.717, 1.165) is 0 Å². The summed E-state index contributed by atoms with van der Waals surface area (Å²) in [5, 5.41) is 3.25. The number of methoxy groups -OCH3 is 1. The Morgan fingerprint density at radius 3 is 2.61 bits per heavy atom. The lowest BCUT2D eigenvalue weighted by atomic mass is 10.1. The van der Waals surface area contributed by atoms with Gasteiger partial charge in [-0.2, -0.15) is 0 Å². The van der Waals surface area contributed by atoms with Crippen molar-refractivity contribution in [3.8, 4) is 11.4 Å². The van der Waals surface area contributed by atoms with Crippen LogP contribution in [-0.2, 0) is 19.6 Å². The summed E-state index contributed by atoms with van der Waals surface area (Å²) in [6.07, 6.45) is 4.63. The van der Waals surface area contributed by atoms with Crippen LogP contribution >= 0.6 is 27.5 Å². The fourth-order valence-electron chi connectivity index (χ4n) is 4.32. The van der Waals surface area contributed by atoms with Crippen molar-refractivity contribution in [1.29, 1.82) is 0 Å². The topological polar surface area (TPSA) is 111 Å². The van der Waals surface area contributed by atoms with Crippen LogP contribution < -0.4 is 15.7 Å². The van der Waals surface area contributed by atoms with E-state index in [1.807, 2.05) is 0 Å². The Morgan fingerprint density at radius 1 is 1.13 bits per heavy atom. The molecule has 0 radical (unpaired) electrons. The number of benzene rings is 2. The fraction of sp³-hybridized carbons (Fsp3) is 0.192. The van der Waals surface area contributed by atoms with Gasteiger partial charge in [-0.15, -0.1) is 0 Å². The van der Waals surface area contributed by atoms with Gasteiger partial charge < -0.3 is 15.0 Å². The van der Waals surface area contributed by atoms with Gasteiger partial charge in [0.05, 0.1) is 48.5 Å². The molecule has 0 unspecified atom stereocenters. The highest BCUT2D eigenvalue weighted by atomic mass is 79.9. The first-order chi connectivity index (χ1) is 18.4. The number of amides is 2. The molecule has 2 aromatic heterocycles. The first-order valence-electron chi connectivity index (χ1n) is 11.6. The van der Waals surface area contributed by atoms with E-state index in [2.05, 4.69) is 31.2 Å². The van der Waals surface area contributed by atoms with Crippen LogP contribution in [0.3, 0.4) is 0 Å². The lowest BCUT2D eigenvalue weighted by Crippen LogP contribution is -2.41. The van der Waals surface area contributed by atoms with Crippen molar-refractivity contribution in [3.05, 3.63) is 104 Å². The maximum atomic E-state index is 13.6. The number of carbonyl (C=O) groups is 2. The van der Waals surface area contributed by atoms with E-state index in [1.165, 1.54) is 10.8 Å². The van der Waals surface area contributed by atoms with Crippen LogP contribution in [-0.4, -0.2) is 49.5 Å². The SMILES string of the molecule is COc1ccc(-n2c(C(=O)NCc3cnccn3)c3n(c2=O)CCN(C(=O)c2ccc(Br)c(Cl)c2)C3)cc1. The predicted octanol–water partition coefficient (Wildman–Crippen LogP) is 3.44. The van der Waals surface area contributed by atoms with E-state index < -0.39 is 5.91 Å². The molecular weight excluding hydrogens is 576 g/mol. The molecule has 0 aliphatic carbocycles. The molecule has 5 rings (SSSR count). The number of hydrogen-bond donors (Lipinski definition) is 1. The number of rotatable bonds is 6. The molecule has 0 bridgehead atoms. The summed E-state index contributed by atoms with van der Waals surface area (Å²) in [5.74, 6) is -0.108. The normalized spacial score (nSPS) is 12.7. The van der Waals surface area contributed by atoms with Crippen molar-refractivity contribution in [1.82, 2.24) is 29.3 Å². The van der Waals surface area contributed by atoms with Crippen LogP contribution in [0, 0.1) is 0 Å². The Balaban J connectivity index is 1.53. The highest BCUT2D eigenvalue weighted by Gasteiger charge is 2.32. The molecule has 10 nitrogen and oxygen atoms in total. The van der Waals surface area contributed by atoms with E-state index in [4.69, 9.17) is 16.3 Å². The van der Waals surface area contributed by atoms with Crippen molar-refractivity contribution in [2.75, 3.05) is 13.7 Å². The molecule has 0 spiro atoms. The number of halogens is 2. The molecule has 194 valence electrons. The van der Waals surface area contributed by atoms with Gasteiger partial charge in [0.2, 0.25) is 0 Å². The first-order valence-corrected chi connectivity index (χ1v) is 12.8. The lowest BCUT2D eigenvalue weighted by molar-refractivity contribution is 0.0706. The maximum Gasteiger partial charge on any atom is 0.333 e. The maximum absolute atomic E-state index is 13.6. The summed E-state index contributed by atoms with van der Waals surface area (Å²) in [5.41, 5.74) is 1.70. The number of fused-ring (bicyclic) bond motifs is 1. The predicted molar refractivity (Wildman–Crippen MR) is 144 cm³/mol. The minimum atomic E-state index is -0.474. The largest absolute Gasteiger partial charge is 0.497 e. The molecule has 38 heavy (non-hydrogen) atoms. The van der Waals surface area contributed by atoms with E-state index in [0.29, 0.717) is 44.4 Å². The molecule has 0 saturated heterocycles. The molecule has 1 aliphatic rings. The first kappa shape index (κ1) is 25.7. The van der Waals surface area contributed by atoms with Crippen molar-refractivity contribution in [2.45, 2.75) is 19.6 Å². The summed E-state index contributed by atoms with van der Waals surface area (Å²) in [6.45, 7) is 0.720. The third-order valence-electron chi connectivity index (χ3n) is 6.23. The summed E-state index contributed by atoms with van der Waals surface area (Å²) in [6, 6.07) is 11.8. The third-order valence-corrected chi connectivity index (χ3v) is 7.46. The number of aromatic nitrogens is 4. The van der Waals surface area contributed by atoms with Crippen LogP contribution in [0.15, 0.2) is 70.3 Å². The van der Waals surface area contributed by atoms with Gasteiger partial charge in [0.15, 0.2) is 0 Å². The van der Waals surface area contributed by atoms with E-state index in [1.54, 1.807) is 71.4 Å². The number of nitrogens with one attached hydrogen (secondary N) is 1. The van der Waals surface area contributed by atoms with E-state index in [-0.39, 0.29) is 36.9 Å². The number of imidazole rings is 1. The summed E-state index contributed by atoms with van der Waals surface area (Å²) in [7, 11) is 1.55. The van der Waals surface area contributed by atoms with Crippen LogP contribution in [0.4, 0.5) is 0 Å². The van der Waals surface area contributed by atoms with Gasteiger partial charge in [-0.05, 0) is 58.4 Å². The lowest BCUT2D eigenvalue weighted by Gasteiger charge is -2.28. The second-order valence-electron chi connectivity index (χ2n) is 8.50. The van der Waals surface area contributed by atoms with Crippen molar-refractivity contribution < 1.29 is 14.3 Å². The molecule has 2 aromatic carbocycles.